The topological polar surface area (TPSA) is 81.7 Å². The van der Waals surface area contributed by atoms with Gasteiger partial charge in [0, 0.05) is 17.7 Å². The molecule has 1 N–H and O–H groups in total. The van der Waals surface area contributed by atoms with Crippen LogP contribution in [-0.4, -0.2) is 31.4 Å². The number of nitrogens with one attached hydrogen (secondary N) is 1. The molecule has 0 aliphatic carbocycles. The number of hydrogen-bond donors (Lipinski definition) is 1. The molecule has 1 heterocycles. The maximum absolute atomic E-state index is 12.3. The first-order valence-electron chi connectivity index (χ1n) is 8.05. The molecule has 0 aromatic heterocycles. The van der Waals surface area contributed by atoms with Crippen LogP contribution in [0, 0.1) is 0 Å². The number of Topliss-reactive ketones (excluding diaryl/α,β-unsaturated/α-hetero) is 1. The number of carbonyl (C=O) groups is 3. The number of ketones is 1. The Morgan fingerprint density at radius 1 is 1.07 bits per heavy atom. The van der Waals surface area contributed by atoms with E-state index in [9.17, 15) is 14.4 Å². The highest BCUT2D eigenvalue weighted by Crippen LogP contribution is 2.34. The summed E-state index contributed by atoms with van der Waals surface area (Å²) in [5.41, 5.74) is 2.10. The lowest BCUT2D eigenvalue weighted by molar-refractivity contribution is -0.116. The number of amides is 1. The van der Waals surface area contributed by atoms with E-state index in [1.807, 2.05) is 0 Å². The molecule has 2 aromatic carbocycles. The van der Waals surface area contributed by atoms with Gasteiger partial charge in [0.2, 0.25) is 5.91 Å². The molecule has 0 fully saturated rings. The number of benzene rings is 2. The summed E-state index contributed by atoms with van der Waals surface area (Å²) >= 11 is 12.0. The first-order chi connectivity index (χ1) is 12.9. The summed E-state index contributed by atoms with van der Waals surface area (Å²) in [5.74, 6) is -0.867. The first-order valence-corrected chi connectivity index (χ1v) is 8.80. The number of anilines is 1. The van der Waals surface area contributed by atoms with E-state index >= 15 is 0 Å². The zero-order valence-corrected chi connectivity index (χ0v) is 15.8. The lowest BCUT2D eigenvalue weighted by Crippen LogP contribution is -2.20. The van der Waals surface area contributed by atoms with Crippen LogP contribution in [0.1, 0.15) is 32.7 Å². The van der Waals surface area contributed by atoms with Gasteiger partial charge < -0.3 is 14.8 Å². The molecule has 0 bridgehead atoms. The van der Waals surface area contributed by atoms with Crippen molar-refractivity contribution >= 4 is 46.5 Å². The minimum Gasteiger partial charge on any atom is -0.494 e. The van der Waals surface area contributed by atoms with Crippen LogP contribution in [0.2, 0.25) is 10.0 Å². The van der Waals surface area contributed by atoms with E-state index in [-0.39, 0.29) is 33.0 Å². The average molecular weight is 408 g/mol. The number of aryl methyl sites for hydroxylation is 1. The van der Waals surface area contributed by atoms with Crippen molar-refractivity contribution in [2.45, 2.75) is 12.8 Å². The van der Waals surface area contributed by atoms with E-state index in [1.165, 1.54) is 19.2 Å². The molecule has 0 atom stereocenters. The van der Waals surface area contributed by atoms with Gasteiger partial charge in [-0.2, -0.15) is 0 Å². The van der Waals surface area contributed by atoms with Crippen LogP contribution in [0.15, 0.2) is 30.3 Å². The van der Waals surface area contributed by atoms with E-state index in [1.54, 1.807) is 18.2 Å². The molecule has 0 saturated heterocycles. The maximum Gasteiger partial charge on any atom is 0.338 e. The van der Waals surface area contributed by atoms with Crippen LogP contribution in [-0.2, 0) is 16.0 Å². The number of hydrogen-bond acceptors (Lipinski definition) is 5. The fraction of sp³-hybridized carbons (Fsp3) is 0.211. The lowest BCUT2D eigenvalue weighted by atomic mass is 9.99. The van der Waals surface area contributed by atoms with Gasteiger partial charge in [-0.15, -0.1) is 0 Å². The summed E-state index contributed by atoms with van der Waals surface area (Å²) in [5, 5.41) is 3.08. The predicted octanol–water partition coefficient (Wildman–Crippen LogP) is 3.93. The van der Waals surface area contributed by atoms with Crippen LogP contribution in [0.4, 0.5) is 5.69 Å². The highest BCUT2D eigenvalue weighted by molar-refractivity contribution is 6.37. The first kappa shape index (κ1) is 19.2. The fourth-order valence-electron chi connectivity index (χ4n) is 2.73. The van der Waals surface area contributed by atoms with Crippen molar-refractivity contribution in [1.82, 2.24) is 0 Å². The Balaban J connectivity index is 1.67. The summed E-state index contributed by atoms with van der Waals surface area (Å²) in [6, 6.07) is 7.68. The predicted molar refractivity (Wildman–Crippen MR) is 101 cm³/mol. The summed E-state index contributed by atoms with van der Waals surface area (Å²) in [6.07, 6.45) is 0.934. The summed E-state index contributed by atoms with van der Waals surface area (Å²) in [4.78, 5) is 35.9. The Hall–Kier alpha value is -2.57. The second-order valence-corrected chi connectivity index (χ2v) is 6.71. The van der Waals surface area contributed by atoms with E-state index in [0.29, 0.717) is 24.1 Å². The molecule has 3 rings (SSSR count). The molecule has 1 aliphatic heterocycles. The van der Waals surface area contributed by atoms with Gasteiger partial charge in [0.25, 0.3) is 0 Å². The number of carbonyl (C=O) groups excluding carboxylic acids is 3. The molecule has 1 aliphatic rings. The van der Waals surface area contributed by atoms with Crippen LogP contribution < -0.4 is 10.1 Å². The highest BCUT2D eigenvalue weighted by Gasteiger charge is 2.19. The molecule has 27 heavy (non-hydrogen) atoms. The molecular weight excluding hydrogens is 393 g/mol. The Labute approximate surface area is 165 Å². The number of esters is 1. The Morgan fingerprint density at radius 2 is 1.78 bits per heavy atom. The molecule has 0 unspecified atom stereocenters. The van der Waals surface area contributed by atoms with Crippen LogP contribution in [0.5, 0.6) is 5.75 Å². The summed E-state index contributed by atoms with van der Waals surface area (Å²) in [7, 11) is 1.41. The molecule has 1 amide bonds. The van der Waals surface area contributed by atoms with E-state index in [0.717, 1.165) is 5.56 Å². The van der Waals surface area contributed by atoms with Gasteiger partial charge in [-0.3, -0.25) is 9.59 Å². The normalized spacial score (nSPS) is 12.8. The second kappa shape index (κ2) is 7.98. The zero-order valence-electron chi connectivity index (χ0n) is 14.3. The van der Waals surface area contributed by atoms with Crippen molar-refractivity contribution in [2.24, 2.45) is 0 Å². The summed E-state index contributed by atoms with van der Waals surface area (Å²) < 4.78 is 10.1. The van der Waals surface area contributed by atoms with Crippen LogP contribution in [0.25, 0.3) is 0 Å². The average Bonchev–Trinajstić information content (AvgIpc) is 2.65. The van der Waals surface area contributed by atoms with Gasteiger partial charge >= 0.3 is 5.97 Å². The van der Waals surface area contributed by atoms with Crippen molar-refractivity contribution in [2.75, 3.05) is 19.0 Å². The molecular formula is C19H15Cl2NO5. The van der Waals surface area contributed by atoms with Crippen molar-refractivity contribution in [3.8, 4) is 5.75 Å². The van der Waals surface area contributed by atoms with Crippen LogP contribution >= 0.6 is 23.2 Å². The number of ether oxygens (including phenoxy) is 2. The van der Waals surface area contributed by atoms with Crippen LogP contribution in [0.3, 0.4) is 0 Å². The van der Waals surface area contributed by atoms with Crippen molar-refractivity contribution in [1.29, 1.82) is 0 Å². The lowest BCUT2D eigenvalue weighted by Gasteiger charge is -2.17. The van der Waals surface area contributed by atoms with E-state index < -0.39 is 12.6 Å². The molecule has 0 radical (unpaired) electrons. The Kier molecular flexibility index (Phi) is 5.68. The molecule has 2 aromatic rings. The maximum atomic E-state index is 12.3. The van der Waals surface area contributed by atoms with Crippen molar-refractivity contribution < 1.29 is 23.9 Å². The molecule has 0 saturated carbocycles. The van der Waals surface area contributed by atoms with Gasteiger partial charge in [-0.1, -0.05) is 23.2 Å². The fourth-order valence-corrected chi connectivity index (χ4v) is 3.37. The molecule has 140 valence electrons. The molecule has 0 spiro atoms. The standard InChI is InChI=1S/C19H15Cl2NO5/c1-26-18-13(20)7-12(8-14(18)21)19(25)27-9-16(23)11-2-4-15-10(6-11)3-5-17(24)22-15/h2,4,6-8H,3,5,9H2,1H3,(H,22,24). The third-order valence-electron chi connectivity index (χ3n) is 4.10. The zero-order chi connectivity index (χ0) is 19.6. The number of fused-ring (bicyclic) bond motifs is 1. The van der Waals surface area contributed by atoms with E-state index in [4.69, 9.17) is 32.7 Å². The molecule has 6 nitrogen and oxygen atoms in total. The van der Waals surface area contributed by atoms with E-state index in [2.05, 4.69) is 5.32 Å². The van der Waals surface area contributed by atoms with Gasteiger partial charge in [-0.05, 0) is 42.3 Å². The number of rotatable bonds is 5. The molecule has 8 heteroatoms. The van der Waals surface area contributed by atoms with Gasteiger partial charge in [0.1, 0.15) is 0 Å². The largest absolute Gasteiger partial charge is 0.494 e. The third kappa shape index (κ3) is 4.23. The SMILES string of the molecule is COc1c(Cl)cc(C(=O)OCC(=O)c2ccc3c(c2)CCC(=O)N3)cc1Cl. The summed E-state index contributed by atoms with van der Waals surface area (Å²) in [6.45, 7) is -0.425. The van der Waals surface area contributed by atoms with Gasteiger partial charge in [-0.25, -0.2) is 4.79 Å². The Bertz CT molecular complexity index is 919. The van der Waals surface area contributed by atoms with Gasteiger partial charge in [0.15, 0.2) is 18.1 Å². The third-order valence-corrected chi connectivity index (χ3v) is 4.66. The number of methoxy groups -OCH3 is 1. The smallest absolute Gasteiger partial charge is 0.338 e. The van der Waals surface area contributed by atoms with Gasteiger partial charge in [0.05, 0.1) is 22.7 Å². The minimum atomic E-state index is -0.722. The second-order valence-electron chi connectivity index (χ2n) is 5.89. The Morgan fingerprint density at radius 3 is 2.44 bits per heavy atom. The highest BCUT2D eigenvalue weighted by atomic mass is 35.5. The number of halogens is 2. The van der Waals surface area contributed by atoms with Crippen molar-refractivity contribution in [3.05, 3.63) is 57.1 Å². The van der Waals surface area contributed by atoms with Crippen molar-refractivity contribution in [3.63, 3.8) is 0 Å². The minimum absolute atomic E-state index is 0.0488. The monoisotopic (exact) mass is 407 g/mol. The quantitative estimate of drug-likeness (QED) is 0.599.